The second-order valence-corrected chi connectivity index (χ2v) is 10.1. The third kappa shape index (κ3) is 6.00. The van der Waals surface area contributed by atoms with Crippen molar-refractivity contribution in [3.63, 3.8) is 0 Å². The van der Waals surface area contributed by atoms with Gasteiger partial charge in [-0.3, -0.25) is 10.1 Å². The lowest BCUT2D eigenvalue weighted by Gasteiger charge is -2.21. The number of amides is 2. The van der Waals surface area contributed by atoms with Gasteiger partial charge in [-0.25, -0.2) is 19.7 Å². The number of rotatable bonds is 6. The number of fused-ring (bicyclic) bond motifs is 1. The smallest absolute Gasteiger partial charge is 0.411 e. The quantitative estimate of drug-likeness (QED) is 0.274. The van der Waals surface area contributed by atoms with E-state index < -0.39 is 11.7 Å². The Morgan fingerprint density at radius 3 is 2.47 bits per heavy atom. The number of allylic oxidation sites excluding steroid dienone is 2. The summed E-state index contributed by atoms with van der Waals surface area (Å²) in [4.78, 5) is 37.8. The summed E-state index contributed by atoms with van der Waals surface area (Å²) < 4.78 is 7.97. The van der Waals surface area contributed by atoms with Gasteiger partial charge in [-0.05, 0) is 73.5 Å². The van der Waals surface area contributed by atoms with E-state index in [1.807, 2.05) is 23.6 Å². The minimum Gasteiger partial charge on any atom is -0.444 e. The van der Waals surface area contributed by atoms with E-state index in [0.29, 0.717) is 38.5 Å². The van der Waals surface area contributed by atoms with Gasteiger partial charge >= 0.3 is 6.09 Å². The van der Waals surface area contributed by atoms with Crippen LogP contribution in [0, 0.1) is 0 Å². The lowest BCUT2D eigenvalue weighted by molar-refractivity contribution is 0.0543. The Morgan fingerprint density at radius 2 is 1.84 bits per heavy atom. The highest BCUT2D eigenvalue weighted by atomic mass is 79.9. The van der Waals surface area contributed by atoms with Crippen molar-refractivity contribution in [3.8, 4) is 11.1 Å². The third-order valence-corrected chi connectivity index (χ3v) is 6.31. The topological polar surface area (TPSA) is 137 Å². The molecule has 4 rings (SSSR count). The lowest BCUT2D eigenvalue weighted by atomic mass is 10.0. The maximum absolute atomic E-state index is 12.7. The summed E-state index contributed by atoms with van der Waals surface area (Å²) in [6.45, 7) is 7.52. The first-order valence-electron chi connectivity index (χ1n) is 11.8. The second kappa shape index (κ2) is 11.0. The van der Waals surface area contributed by atoms with E-state index in [9.17, 15) is 9.59 Å². The molecule has 0 bridgehead atoms. The van der Waals surface area contributed by atoms with Gasteiger partial charge in [0.2, 0.25) is 0 Å². The fraction of sp³-hybridized carbons (Fsp3) is 0.222. The van der Waals surface area contributed by atoms with E-state index in [0.717, 1.165) is 11.1 Å². The van der Waals surface area contributed by atoms with Crippen molar-refractivity contribution >= 4 is 50.6 Å². The summed E-state index contributed by atoms with van der Waals surface area (Å²) in [5.74, 6) is 0.506. The highest BCUT2D eigenvalue weighted by Gasteiger charge is 2.23. The minimum absolute atomic E-state index is 0.273. The summed E-state index contributed by atoms with van der Waals surface area (Å²) in [6.07, 6.45) is 4.25. The Labute approximate surface area is 228 Å². The first-order valence-corrected chi connectivity index (χ1v) is 12.6. The Hall–Kier alpha value is -4.25. The number of nitrogen functional groups attached to an aromatic ring is 1. The van der Waals surface area contributed by atoms with Crippen molar-refractivity contribution in [1.82, 2.24) is 24.8 Å². The molecule has 3 heterocycles. The van der Waals surface area contributed by atoms with Crippen LogP contribution in [-0.4, -0.2) is 37.1 Å². The standard InChI is InChI=1S/C27H28BrN7O3/c1-5-18(33-26(37)38-27(2,3)4)14-35-22(28)20(21-23(29)31-15-32-24(21)35)16-9-11-17(12-10-16)25(36)34-19-8-6-7-13-30-19/h5-13,15H,14H2,1-4H3,(H,33,37)(H2,29,31,32)(H,30,34,36). The van der Waals surface area contributed by atoms with Crippen LogP contribution in [0.15, 0.2) is 71.4 Å². The summed E-state index contributed by atoms with van der Waals surface area (Å²) in [5, 5.41) is 6.23. The minimum atomic E-state index is -0.626. The normalized spacial score (nSPS) is 11.9. The average Bonchev–Trinajstić information content (AvgIpc) is 3.15. The third-order valence-electron chi connectivity index (χ3n) is 5.49. The van der Waals surface area contributed by atoms with Gasteiger partial charge in [0.15, 0.2) is 0 Å². The number of pyridine rings is 1. The van der Waals surface area contributed by atoms with Crippen LogP contribution in [0.1, 0.15) is 38.1 Å². The molecule has 0 atom stereocenters. The fourth-order valence-corrected chi connectivity index (χ4v) is 4.51. The number of nitrogens with zero attached hydrogens (tertiary/aromatic N) is 4. The first kappa shape index (κ1) is 26.8. The van der Waals surface area contributed by atoms with Crippen LogP contribution in [0.2, 0.25) is 0 Å². The summed E-state index contributed by atoms with van der Waals surface area (Å²) in [6, 6.07) is 12.4. The Balaban J connectivity index is 1.66. The van der Waals surface area contributed by atoms with Crippen LogP contribution in [0.5, 0.6) is 0 Å². The average molecular weight is 578 g/mol. The Bertz CT molecular complexity index is 1510. The number of hydrogen-bond donors (Lipinski definition) is 3. The highest BCUT2D eigenvalue weighted by molar-refractivity contribution is 9.10. The molecule has 0 aliphatic carbocycles. The second-order valence-electron chi connectivity index (χ2n) is 9.40. The monoisotopic (exact) mass is 577 g/mol. The summed E-state index contributed by atoms with van der Waals surface area (Å²) in [5.41, 5.74) is 8.91. The molecule has 0 aliphatic rings. The van der Waals surface area contributed by atoms with Gasteiger partial charge < -0.3 is 20.4 Å². The lowest BCUT2D eigenvalue weighted by Crippen LogP contribution is -2.33. The molecular weight excluding hydrogens is 550 g/mol. The number of carbonyl (C=O) groups is 2. The van der Waals surface area contributed by atoms with Crippen LogP contribution in [0.4, 0.5) is 16.4 Å². The van der Waals surface area contributed by atoms with Crippen LogP contribution < -0.4 is 16.4 Å². The molecule has 196 valence electrons. The number of nitrogens with two attached hydrogens (primary N) is 1. The predicted octanol–water partition coefficient (Wildman–Crippen LogP) is 5.52. The van der Waals surface area contributed by atoms with Gasteiger partial charge in [0.25, 0.3) is 5.91 Å². The molecule has 0 radical (unpaired) electrons. The maximum atomic E-state index is 12.7. The number of anilines is 2. The number of carbonyl (C=O) groups excluding carboxylic acids is 2. The van der Waals surface area contributed by atoms with E-state index >= 15 is 0 Å². The summed E-state index contributed by atoms with van der Waals surface area (Å²) >= 11 is 3.71. The molecule has 0 fully saturated rings. The van der Waals surface area contributed by atoms with E-state index in [2.05, 4.69) is 41.5 Å². The molecule has 10 nitrogen and oxygen atoms in total. The molecule has 4 aromatic rings. The molecule has 2 amide bonds. The molecule has 0 aliphatic heterocycles. The van der Waals surface area contributed by atoms with E-state index in [1.165, 1.54) is 6.33 Å². The molecule has 0 saturated carbocycles. The van der Waals surface area contributed by atoms with Crippen molar-refractivity contribution in [2.24, 2.45) is 0 Å². The number of ether oxygens (including phenoxy) is 1. The van der Waals surface area contributed by atoms with Crippen molar-refractivity contribution < 1.29 is 14.3 Å². The van der Waals surface area contributed by atoms with Crippen molar-refractivity contribution in [3.05, 3.63) is 76.9 Å². The Kier molecular flexibility index (Phi) is 7.77. The van der Waals surface area contributed by atoms with Crippen molar-refractivity contribution in [2.45, 2.75) is 39.8 Å². The molecule has 38 heavy (non-hydrogen) atoms. The van der Waals surface area contributed by atoms with Gasteiger partial charge in [-0.1, -0.05) is 24.3 Å². The Morgan fingerprint density at radius 1 is 1.11 bits per heavy atom. The molecular formula is C27H28BrN7O3. The van der Waals surface area contributed by atoms with Crippen molar-refractivity contribution in [1.29, 1.82) is 0 Å². The molecule has 0 unspecified atom stereocenters. The molecule has 0 spiro atoms. The van der Waals surface area contributed by atoms with E-state index in [4.69, 9.17) is 10.5 Å². The fourth-order valence-electron chi connectivity index (χ4n) is 3.79. The van der Waals surface area contributed by atoms with Crippen LogP contribution in [0.3, 0.4) is 0 Å². The number of nitrogens with one attached hydrogen (secondary N) is 2. The summed E-state index contributed by atoms with van der Waals surface area (Å²) in [7, 11) is 0. The van der Waals surface area contributed by atoms with Crippen LogP contribution in [-0.2, 0) is 11.3 Å². The molecule has 11 heteroatoms. The molecule has 1 aromatic carbocycles. The molecule has 0 saturated heterocycles. The maximum Gasteiger partial charge on any atom is 0.411 e. The first-order chi connectivity index (χ1) is 18.1. The number of hydrogen-bond acceptors (Lipinski definition) is 7. The largest absolute Gasteiger partial charge is 0.444 e. The zero-order valence-corrected chi connectivity index (χ0v) is 23.0. The van der Waals surface area contributed by atoms with E-state index in [-0.39, 0.29) is 12.5 Å². The van der Waals surface area contributed by atoms with Crippen LogP contribution in [0.25, 0.3) is 22.2 Å². The number of aromatic nitrogens is 4. The van der Waals surface area contributed by atoms with Gasteiger partial charge in [0.05, 0.1) is 16.5 Å². The number of halogens is 1. The predicted molar refractivity (Wildman–Crippen MR) is 150 cm³/mol. The number of benzene rings is 1. The van der Waals surface area contributed by atoms with Gasteiger partial charge in [-0.2, -0.15) is 0 Å². The number of alkyl carbamates (subject to hydrolysis) is 1. The van der Waals surface area contributed by atoms with Gasteiger partial charge in [0, 0.05) is 23.0 Å². The molecule has 3 aromatic heterocycles. The SMILES string of the molecule is CC=C(Cn1c(Br)c(-c2ccc(C(=O)Nc3ccccn3)cc2)c2c(N)ncnc21)NC(=O)OC(C)(C)C. The van der Waals surface area contributed by atoms with Crippen LogP contribution >= 0.6 is 15.9 Å². The van der Waals surface area contributed by atoms with Gasteiger partial charge in [-0.15, -0.1) is 0 Å². The van der Waals surface area contributed by atoms with E-state index in [1.54, 1.807) is 63.4 Å². The molecule has 4 N–H and O–H groups in total. The van der Waals surface area contributed by atoms with Crippen molar-refractivity contribution in [2.75, 3.05) is 11.1 Å². The zero-order chi connectivity index (χ0) is 27.4. The zero-order valence-electron chi connectivity index (χ0n) is 21.4. The van der Waals surface area contributed by atoms with Gasteiger partial charge in [0.1, 0.15) is 29.2 Å². The highest BCUT2D eigenvalue weighted by Crippen LogP contribution is 2.40.